The van der Waals surface area contributed by atoms with Gasteiger partial charge in [-0.15, -0.1) is 0 Å². The third-order valence-electron chi connectivity index (χ3n) is 2.62. The van der Waals surface area contributed by atoms with Crippen LogP contribution in [0, 0.1) is 0 Å². The van der Waals surface area contributed by atoms with Crippen molar-refractivity contribution in [1.29, 1.82) is 0 Å². The number of hydrogen-bond donors (Lipinski definition) is 2. The van der Waals surface area contributed by atoms with Gasteiger partial charge in [0.25, 0.3) is 5.91 Å². The van der Waals surface area contributed by atoms with Crippen molar-refractivity contribution in [3.63, 3.8) is 0 Å². The molecule has 0 aliphatic rings. The molecule has 1 rings (SSSR count). The van der Waals surface area contributed by atoms with Crippen LogP contribution in [-0.2, 0) is 9.63 Å². The average Bonchev–Trinajstić information content (AvgIpc) is 2.40. The minimum absolute atomic E-state index is 0.418. The minimum atomic E-state index is -1.14. The third-order valence-corrected chi connectivity index (χ3v) is 2.62. The fraction of sp³-hybridized carbons (Fsp3) is 0.385. The van der Waals surface area contributed by atoms with Gasteiger partial charge in [0.15, 0.2) is 6.61 Å². The molecule has 2 N–H and O–H groups in total. The van der Waals surface area contributed by atoms with E-state index in [1.165, 1.54) is 0 Å². The molecule has 0 aliphatic heterocycles. The van der Waals surface area contributed by atoms with E-state index in [0.717, 1.165) is 18.8 Å². The molecule has 19 heavy (non-hydrogen) atoms. The lowest BCUT2D eigenvalue weighted by Crippen LogP contribution is -2.26. The van der Waals surface area contributed by atoms with E-state index < -0.39 is 18.5 Å². The summed E-state index contributed by atoms with van der Waals surface area (Å²) in [7, 11) is 0. The average molecular weight is 266 g/mol. The van der Waals surface area contributed by atoms with Gasteiger partial charge in [-0.05, 0) is 38.1 Å². The first kappa shape index (κ1) is 15.0. The maximum atomic E-state index is 11.6. The van der Waals surface area contributed by atoms with Crippen molar-refractivity contribution in [2.45, 2.75) is 13.8 Å². The fourth-order valence-electron chi connectivity index (χ4n) is 1.63. The first-order chi connectivity index (χ1) is 9.08. The van der Waals surface area contributed by atoms with Crippen LogP contribution in [0.1, 0.15) is 24.2 Å². The number of benzene rings is 1. The molecule has 104 valence electrons. The molecule has 0 bridgehead atoms. The van der Waals surface area contributed by atoms with Crippen molar-refractivity contribution in [3.8, 4) is 0 Å². The number of carboxylic acids is 1. The van der Waals surface area contributed by atoms with Crippen molar-refractivity contribution < 1.29 is 19.5 Å². The number of rotatable bonds is 7. The lowest BCUT2D eigenvalue weighted by molar-refractivity contribution is -0.144. The summed E-state index contributed by atoms with van der Waals surface area (Å²) in [5.74, 6) is -1.61. The second-order valence-electron chi connectivity index (χ2n) is 3.83. The molecule has 0 aromatic heterocycles. The van der Waals surface area contributed by atoms with E-state index in [1.54, 1.807) is 12.1 Å². The standard InChI is InChI=1S/C13H18N2O4/c1-3-15(4-2)11-7-5-10(6-8-11)13(18)14-19-9-12(16)17/h5-8H,3-4,9H2,1-2H3,(H,14,18)(H,16,17). The zero-order valence-corrected chi connectivity index (χ0v) is 11.0. The number of hydroxylamine groups is 1. The number of carbonyl (C=O) groups excluding carboxylic acids is 1. The molecule has 0 heterocycles. The third kappa shape index (κ3) is 4.59. The summed E-state index contributed by atoms with van der Waals surface area (Å²) >= 11 is 0. The molecular weight excluding hydrogens is 248 g/mol. The Kier molecular flexibility index (Phi) is 5.81. The van der Waals surface area contributed by atoms with E-state index in [9.17, 15) is 9.59 Å². The van der Waals surface area contributed by atoms with Crippen LogP contribution in [0.2, 0.25) is 0 Å². The maximum absolute atomic E-state index is 11.6. The van der Waals surface area contributed by atoms with E-state index in [0.29, 0.717) is 5.56 Å². The highest BCUT2D eigenvalue weighted by molar-refractivity contribution is 5.93. The van der Waals surface area contributed by atoms with Crippen LogP contribution >= 0.6 is 0 Å². The molecular formula is C13H18N2O4. The van der Waals surface area contributed by atoms with Gasteiger partial charge in [0.1, 0.15) is 0 Å². The van der Waals surface area contributed by atoms with Gasteiger partial charge in [-0.25, -0.2) is 10.3 Å². The lowest BCUT2D eigenvalue weighted by atomic mass is 10.2. The zero-order chi connectivity index (χ0) is 14.3. The lowest BCUT2D eigenvalue weighted by Gasteiger charge is -2.20. The van der Waals surface area contributed by atoms with Crippen molar-refractivity contribution >= 4 is 17.6 Å². The zero-order valence-electron chi connectivity index (χ0n) is 11.0. The van der Waals surface area contributed by atoms with E-state index in [4.69, 9.17) is 5.11 Å². The van der Waals surface area contributed by atoms with E-state index in [2.05, 4.69) is 29.1 Å². The molecule has 0 spiro atoms. The van der Waals surface area contributed by atoms with E-state index in [1.807, 2.05) is 12.1 Å². The highest BCUT2D eigenvalue weighted by Crippen LogP contribution is 2.14. The van der Waals surface area contributed by atoms with Gasteiger partial charge in [0.05, 0.1) is 0 Å². The number of nitrogens with one attached hydrogen (secondary N) is 1. The molecule has 1 aromatic rings. The van der Waals surface area contributed by atoms with E-state index in [-0.39, 0.29) is 0 Å². The molecule has 0 saturated carbocycles. The Hall–Kier alpha value is -2.08. The highest BCUT2D eigenvalue weighted by atomic mass is 16.7. The maximum Gasteiger partial charge on any atom is 0.332 e. The second kappa shape index (κ2) is 7.38. The molecule has 6 nitrogen and oxygen atoms in total. The monoisotopic (exact) mass is 266 g/mol. The topological polar surface area (TPSA) is 78.9 Å². The molecule has 0 saturated heterocycles. The Bertz CT molecular complexity index is 427. The summed E-state index contributed by atoms with van der Waals surface area (Å²) < 4.78 is 0. The summed E-state index contributed by atoms with van der Waals surface area (Å²) in [6.07, 6.45) is 0. The number of carbonyl (C=O) groups is 2. The number of nitrogens with zero attached hydrogens (tertiary/aromatic N) is 1. The number of anilines is 1. The SMILES string of the molecule is CCN(CC)c1ccc(C(=O)NOCC(=O)O)cc1. The highest BCUT2D eigenvalue weighted by Gasteiger charge is 2.08. The van der Waals surface area contributed by atoms with Crippen LogP contribution in [-0.4, -0.2) is 36.7 Å². The first-order valence-corrected chi connectivity index (χ1v) is 6.07. The van der Waals surface area contributed by atoms with Crippen molar-refractivity contribution in [3.05, 3.63) is 29.8 Å². The Morgan fingerprint density at radius 1 is 1.21 bits per heavy atom. The van der Waals surface area contributed by atoms with Gasteiger partial charge in [-0.1, -0.05) is 0 Å². The number of hydrogen-bond acceptors (Lipinski definition) is 4. The fourth-order valence-corrected chi connectivity index (χ4v) is 1.63. The predicted octanol–water partition coefficient (Wildman–Crippen LogP) is 1.28. The normalized spacial score (nSPS) is 10.0. The smallest absolute Gasteiger partial charge is 0.332 e. The van der Waals surface area contributed by atoms with Crippen LogP contribution in [0.5, 0.6) is 0 Å². The largest absolute Gasteiger partial charge is 0.479 e. The Morgan fingerprint density at radius 2 is 1.79 bits per heavy atom. The number of carboxylic acid groups (broad SMARTS) is 1. The summed E-state index contributed by atoms with van der Waals surface area (Å²) in [4.78, 5) is 28.5. The molecule has 0 unspecified atom stereocenters. The van der Waals surface area contributed by atoms with Crippen molar-refractivity contribution in [2.24, 2.45) is 0 Å². The summed E-state index contributed by atoms with van der Waals surface area (Å²) in [6, 6.07) is 7.04. The van der Waals surface area contributed by atoms with Crippen LogP contribution in [0.3, 0.4) is 0 Å². The second-order valence-corrected chi connectivity index (χ2v) is 3.83. The van der Waals surface area contributed by atoms with Gasteiger partial charge in [-0.2, -0.15) is 0 Å². The minimum Gasteiger partial charge on any atom is -0.479 e. The van der Waals surface area contributed by atoms with Crippen LogP contribution in [0.25, 0.3) is 0 Å². The van der Waals surface area contributed by atoms with E-state index >= 15 is 0 Å². The number of amides is 1. The van der Waals surface area contributed by atoms with Crippen LogP contribution in [0.4, 0.5) is 5.69 Å². The molecule has 0 radical (unpaired) electrons. The molecule has 0 fully saturated rings. The van der Waals surface area contributed by atoms with Crippen LogP contribution < -0.4 is 10.4 Å². The summed E-state index contributed by atoms with van der Waals surface area (Å²) in [5, 5.41) is 8.37. The van der Waals surface area contributed by atoms with Crippen molar-refractivity contribution in [1.82, 2.24) is 5.48 Å². The quantitative estimate of drug-likeness (QED) is 0.727. The van der Waals surface area contributed by atoms with Crippen molar-refractivity contribution in [2.75, 3.05) is 24.6 Å². The molecule has 0 atom stereocenters. The molecule has 1 aromatic carbocycles. The van der Waals surface area contributed by atoms with Gasteiger partial charge < -0.3 is 10.0 Å². The summed E-state index contributed by atoms with van der Waals surface area (Å²) in [6.45, 7) is 5.34. The Labute approximate surface area is 111 Å². The predicted molar refractivity (Wildman–Crippen MR) is 71.1 cm³/mol. The number of aliphatic carboxylic acids is 1. The molecule has 0 aliphatic carbocycles. The molecule has 6 heteroatoms. The Morgan fingerprint density at radius 3 is 2.26 bits per heavy atom. The van der Waals surface area contributed by atoms with Gasteiger partial charge in [0.2, 0.25) is 0 Å². The Balaban J connectivity index is 2.60. The van der Waals surface area contributed by atoms with Crippen LogP contribution in [0.15, 0.2) is 24.3 Å². The first-order valence-electron chi connectivity index (χ1n) is 6.07. The van der Waals surface area contributed by atoms with Gasteiger partial charge in [-0.3, -0.25) is 9.63 Å². The van der Waals surface area contributed by atoms with Gasteiger partial charge in [0, 0.05) is 24.3 Å². The molecule has 1 amide bonds. The summed E-state index contributed by atoms with van der Waals surface area (Å²) in [5.41, 5.74) is 3.53. The van der Waals surface area contributed by atoms with Gasteiger partial charge >= 0.3 is 5.97 Å².